The number of nitrogens with zero attached hydrogens (tertiary/aromatic N) is 2. The maximum Gasteiger partial charge on any atom is 0.315 e. The van der Waals surface area contributed by atoms with E-state index in [0.717, 1.165) is 18.5 Å². The molecule has 15 heavy (non-hydrogen) atoms. The molecule has 1 aliphatic rings. The summed E-state index contributed by atoms with van der Waals surface area (Å²) in [6.45, 7) is 3.63. The number of hydrogen-bond acceptors (Lipinski definition) is 2. The fraction of sp³-hybridized carbons (Fsp3) is 0.455. The Labute approximate surface area is 88.2 Å². The Morgan fingerprint density at radius 1 is 1.60 bits per heavy atom. The Bertz CT molecular complexity index is 389. The van der Waals surface area contributed by atoms with Gasteiger partial charge in [0.15, 0.2) is 0 Å². The Kier molecular flexibility index (Phi) is 2.34. The van der Waals surface area contributed by atoms with Gasteiger partial charge in [0, 0.05) is 12.4 Å². The second kappa shape index (κ2) is 3.53. The highest BCUT2D eigenvalue weighted by atomic mass is 16.4. The molecule has 4 heteroatoms. The second-order valence-electron chi connectivity index (χ2n) is 3.94. The van der Waals surface area contributed by atoms with Crippen molar-refractivity contribution in [2.45, 2.75) is 31.1 Å². The normalized spacial score (nSPS) is 18.9. The number of carbonyl (C=O) groups is 1. The van der Waals surface area contributed by atoms with Crippen LogP contribution in [0.4, 0.5) is 0 Å². The van der Waals surface area contributed by atoms with Crippen LogP contribution in [0.2, 0.25) is 0 Å². The summed E-state index contributed by atoms with van der Waals surface area (Å²) in [5.74, 6) is -0.747. The van der Waals surface area contributed by atoms with Gasteiger partial charge in [-0.25, -0.2) is 4.68 Å². The molecule has 0 aromatic carbocycles. The lowest BCUT2D eigenvalue weighted by molar-refractivity contribution is -0.143. The first-order chi connectivity index (χ1) is 7.20. The first-order valence-corrected chi connectivity index (χ1v) is 5.11. The smallest absolute Gasteiger partial charge is 0.315 e. The zero-order valence-corrected chi connectivity index (χ0v) is 8.52. The van der Waals surface area contributed by atoms with Crippen LogP contribution in [-0.4, -0.2) is 20.9 Å². The van der Waals surface area contributed by atoms with Crippen molar-refractivity contribution in [3.63, 3.8) is 0 Å². The predicted octanol–water partition coefficient (Wildman–Crippen LogP) is 1.88. The summed E-state index contributed by atoms with van der Waals surface area (Å²) in [7, 11) is 0. The molecule has 1 aliphatic carbocycles. The molecule has 0 bridgehead atoms. The number of aromatic nitrogens is 2. The van der Waals surface area contributed by atoms with E-state index in [1.807, 2.05) is 0 Å². The predicted molar refractivity (Wildman–Crippen MR) is 56.4 cm³/mol. The molecule has 4 nitrogen and oxygen atoms in total. The SMILES string of the molecule is C=Cn1nccc1C1(C(=O)O)CCCC1. The van der Waals surface area contributed by atoms with E-state index in [4.69, 9.17) is 0 Å². The number of carboxylic acid groups (broad SMARTS) is 1. The largest absolute Gasteiger partial charge is 0.481 e. The molecule has 0 spiro atoms. The zero-order chi connectivity index (χ0) is 10.9. The number of rotatable bonds is 3. The summed E-state index contributed by atoms with van der Waals surface area (Å²) in [4.78, 5) is 11.4. The third kappa shape index (κ3) is 1.37. The van der Waals surface area contributed by atoms with E-state index in [0.29, 0.717) is 12.8 Å². The van der Waals surface area contributed by atoms with Gasteiger partial charge in [-0.1, -0.05) is 19.4 Å². The van der Waals surface area contributed by atoms with Gasteiger partial charge in [0.25, 0.3) is 0 Å². The van der Waals surface area contributed by atoms with Crippen molar-refractivity contribution < 1.29 is 9.90 Å². The van der Waals surface area contributed by atoms with E-state index in [1.54, 1.807) is 23.1 Å². The molecule has 80 valence electrons. The molecule has 2 rings (SSSR count). The van der Waals surface area contributed by atoms with Crippen LogP contribution in [0, 0.1) is 0 Å². The Morgan fingerprint density at radius 2 is 2.27 bits per heavy atom. The summed E-state index contributed by atoms with van der Waals surface area (Å²) in [5, 5.41) is 13.4. The lowest BCUT2D eigenvalue weighted by Crippen LogP contribution is -2.34. The van der Waals surface area contributed by atoms with Gasteiger partial charge in [-0.15, -0.1) is 0 Å². The minimum absolute atomic E-state index is 0.696. The standard InChI is InChI=1S/C11H14N2O2/c1-2-13-9(5-8-12-13)11(10(14)15)6-3-4-7-11/h2,5,8H,1,3-4,6-7H2,(H,14,15). The van der Waals surface area contributed by atoms with Crippen molar-refractivity contribution in [3.8, 4) is 0 Å². The van der Waals surface area contributed by atoms with Crippen LogP contribution in [0.15, 0.2) is 18.8 Å². The van der Waals surface area contributed by atoms with Crippen LogP contribution in [0.25, 0.3) is 6.20 Å². The van der Waals surface area contributed by atoms with Crippen LogP contribution < -0.4 is 0 Å². The maximum atomic E-state index is 11.4. The fourth-order valence-electron chi connectivity index (χ4n) is 2.40. The number of hydrogen-bond donors (Lipinski definition) is 1. The third-order valence-corrected chi connectivity index (χ3v) is 3.20. The first kappa shape index (κ1) is 9.96. The highest BCUT2D eigenvalue weighted by Gasteiger charge is 2.45. The maximum absolute atomic E-state index is 11.4. The van der Waals surface area contributed by atoms with Crippen molar-refractivity contribution in [2.75, 3.05) is 0 Å². The van der Waals surface area contributed by atoms with Crippen LogP contribution in [0.5, 0.6) is 0 Å². The van der Waals surface area contributed by atoms with E-state index < -0.39 is 11.4 Å². The van der Waals surface area contributed by atoms with Crippen LogP contribution in [-0.2, 0) is 10.2 Å². The van der Waals surface area contributed by atoms with E-state index in [2.05, 4.69) is 11.7 Å². The molecule has 0 aliphatic heterocycles. The van der Waals surface area contributed by atoms with Crippen molar-refractivity contribution in [3.05, 3.63) is 24.5 Å². The van der Waals surface area contributed by atoms with Crippen molar-refractivity contribution in [2.24, 2.45) is 0 Å². The summed E-state index contributed by atoms with van der Waals surface area (Å²) in [6.07, 6.45) is 6.51. The monoisotopic (exact) mass is 206 g/mol. The number of carboxylic acids is 1. The molecule has 0 radical (unpaired) electrons. The quantitative estimate of drug-likeness (QED) is 0.821. The lowest BCUT2D eigenvalue weighted by Gasteiger charge is -2.23. The highest BCUT2D eigenvalue weighted by molar-refractivity contribution is 5.81. The Morgan fingerprint density at radius 3 is 2.80 bits per heavy atom. The minimum atomic E-state index is -0.747. The molecule has 1 fully saturated rings. The minimum Gasteiger partial charge on any atom is -0.481 e. The Balaban J connectivity index is 2.49. The van der Waals surface area contributed by atoms with Gasteiger partial charge in [-0.3, -0.25) is 4.79 Å². The Hall–Kier alpha value is -1.58. The molecule has 0 atom stereocenters. The summed E-state index contributed by atoms with van der Waals surface area (Å²) in [5.41, 5.74) is 0.00697. The van der Waals surface area contributed by atoms with Crippen molar-refractivity contribution in [1.29, 1.82) is 0 Å². The van der Waals surface area contributed by atoms with Gasteiger partial charge in [0.1, 0.15) is 5.41 Å². The summed E-state index contributed by atoms with van der Waals surface area (Å²) in [6, 6.07) is 1.78. The van der Waals surface area contributed by atoms with Gasteiger partial charge < -0.3 is 5.11 Å². The average Bonchev–Trinajstić information content (AvgIpc) is 2.86. The second-order valence-corrected chi connectivity index (χ2v) is 3.94. The van der Waals surface area contributed by atoms with E-state index in [1.165, 1.54) is 0 Å². The van der Waals surface area contributed by atoms with Crippen molar-refractivity contribution in [1.82, 2.24) is 9.78 Å². The van der Waals surface area contributed by atoms with Gasteiger partial charge in [0.2, 0.25) is 0 Å². The first-order valence-electron chi connectivity index (χ1n) is 5.11. The molecular weight excluding hydrogens is 192 g/mol. The lowest BCUT2D eigenvalue weighted by atomic mass is 9.82. The summed E-state index contributed by atoms with van der Waals surface area (Å²) < 4.78 is 1.57. The van der Waals surface area contributed by atoms with Gasteiger partial charge in [0.05, 0.1) is 5.69 Å². The van der Waals surface area contributed by atoms with Crippen LogP contribution in [0.3, 0.4) is 0 Å². The highest BCUT2D eigenvalue weighted by Crippen LogP contribution is 2.41. The molecule has 1 aromatic rings. The molecule has 1 heterocycles. The van der Waals surface area contributed by atoms with Crippen molar-refractivity contribution >= 4 is 12.2 Å². The van der Waals surface area contributed by atoms with E-state index in [9.17, 15) is 9.90 Å². The molecule has 1 aromatic heterocycles. The topological polar surface area (TPSA) is 55.1 Å². The average molecular weight is 206 g/mol. The number of aliphatic carboxylic acids is 1. The van der Waals surface area contributed by atoms with Gasteiger partial charge in [-0.05, 0) is 18.9 Å². The van der Waals surface area contributed by atoms with Gasteiger partial charge >= 0.3 is 5.97 Å². The molecular formula is C11H14N2O2. The molecule has 0 amide bonds. The van der Waals surface area contributed by atoms with E-state index in [-0.39, 0.29) is 0 Å². The molecule has 0 saturated heterocycles. The fourth-order valence-corrected chi connectivity index (χ4v) is 2.40. The third-order valence-electron chi connectivity index (χ3n) is 3.20. The molecule has 0 unspecified atom stereocenters. The van der Waals surface area contributed by atoms with Crippen LogP contribution >= 0.6 is 0 Å². The zero-order valence-electron chi connectivity index (χ0n) is 8.52. The van der Waals surface area contributed by atoms with Gasteiger partial charge in [-0.2, -0.15) is 5.10 Å². The van der Waals surface area contributed by atoms with Crippen LogP contribution in [0.1, 0.15) is 31.4 Å². The van der Waals surface area contributed by atoms with E-state index >= 15 is 0 Å². The molecule has 1 N–H and O–H groups in total. The summed E-state index contributed by atoms with van der Waals surface area (Å²) >= 11 is 0. The molecule has 1 saturated carbocycles.